The Kier molecular flexibility index (Phi) is 2.81. The van der Waals surface area contributed by atoms with Gasteiger partial charge in [0.2, 0.25) is 0 Å². The molecule has 1 aliphatic rings. The largest absolute Gasteiger partial charge is 0.328 e. The van der Waals surface area contributed by atoms with Crippen LogP contribution in [0.5, 0.6) is 0 Å². The van der Waals surface area contributed by atoms with E-state index < -0.39 is 0 Å². The van der Waals surface area contributed by atoms with E-state index in [4.69, 9.17) is 11.5 Å². The summed E-state index contributed by atoms with van der Waals surface area (Å²) in [7, 11) is 0. The van der Waals surface area contributed by atoms with Gasteiger partial charge in [0.1, 0.15) is 0 Å². The maximum atomic E-state index is 6.66. The molecule has 0 spiro atoms. The lowest BCUT2D eigenvalue weighted by atomic mass is 9.60. The lowest BCUT2D eigenvalue weighted by Gasteiger charge is -2.50. The van der Waals surface area contributed by atoms with E-state index in [1.165, 1.54) is 5.56 Å². The molecule has 1 aromatic carbocycles. The average Bonchev–Trinajstić information content (AvgIpc) is 2.25. The predicted molar refractivity (Wildman–Crippen MR) is 67.9 cm³/mol. The molecule has 1 saturated carbocycles. The third-order valence-electron chi connectivity index (χ3n) is 4.18. The second-order valence-electron chi connectivity index (χ2n) is 5.72. The summed E-state index contributed by atoms with van der Waals surface area (Å²) in [6.45, 7) is 4.47. The molecule has 1 aliphatic carbocycles. The highest BCUT2D eigenvalue weighted by atomic mass is 14.8. The van der Waals surface area contributed by atoms with Gasteiger partial charge in [-0.3, -0.25) is 0 Å². The second kappa shape index (κ2) is 3.86. The number of benzene rings is 1. The average molecular weight is 218 g/mol. The van der Waals surface area contributed by atoms with Crippen LogP contribution in [0.15, 0.2) is 30.3 Å². The van der Waals surface area contributed by atoms with Gasteiger partial charge in [0.05, 0.1) is 0 Å². The van der Waals surface area contributed by atoms with Gasteiger partial charge in [-0.2, -0.15) is 0 Å². The molecule has 16 heavy (non-hydrogen) atoms. The van der Waals surface area contributed by atoms with E-state index in [2.05, 4.69) is 38.1 Å². The molecule has 1 fully saturated rings. The molecule has 0 radical (unpaired) electrons. The van der Waals surface area contributed by atoms with Crippen LogP contribution in [0.3, 0.4) is 0 Å². The van der Waals surface area contributed by atoms with Gasteiger partial charge in [-0.1, -0.05) is 44.2 Å². The lowest BCUT2D eigenvalue weighted by molar-refractivity contribution is 0.0852. The molecule has 0 bridgehead atoms. The molecule has 0 heterocycles. The monoisotopic (exact) mass is 218 g/mol. The SMILES string of the molecule is CC1(C)CC(N)CCC1(N)c1ccccc1. The predicted octanol–water partition coefficient (Wildman–Crippen LogP) is 2.38. The molecule has 4 N–H and O–H groups in total. The van der Waals surface area contributed by atoms with Crippen LogP contribution < -0.4 is 11.5 Å². The Morgan fingerprint density at radius 3 is 2.38 bits per heavy atom. The number of hydrogen-bond acceptors (Lipinski definition) is 2. The van der Waals surface area contributed by atoms with E-state index in [9.17, 15) is 0 Å². The summed E-state index contributed by atoms with van der Waals surface area (Å²) in [6.07, 6.45) is 3.00. The van der Waals surface area contributed by atoms with E-state index >= 15 is 0 Å². The first-order chi connectivity index (χ1) is 7.46. The Labute approximate surface area is 98.0 Å². The zero-order valence-corrected chi connectivity index (χ0v) is 10.2. The number of rotatable bonds is 1. The summed E-state index contributed by atoms with van der Waals surface area (Å²) in [5.74, 6) is 0. The van der Waals surface area contributed by atoms with Crippen LogP contribution in [-0.2, 0) is 5.54 Å². The van der Waals surface area contributed by atoms with Crippen molar-refractivity contribution in [3.8, 4) is 0 Å². The molecule has 0 aromatic heterocycles. The van der Waals surface area contributed by atoms with Gasteiger partial charge in [-0.25, -0.2) is 0 Å². The third-order valence-corrected chi connectivity index (χ3v) is 4.18. The molecule has 0 saturated heterocycles. The van der Waals surface area contributed by atoms with Gasteiger partial charge in [0.25, 0.3) is 0 Å². The van der Waals surface area contributed by atoms with E-state index in [1.54, 1.807) is 0 Å². The van der Waals surface area contributed by atoms with Crippen molar-refractivity contribution in [2.24, 2.45) is 16.9 Å². The van der Waals surface area contributed by atoms with Crippen LogP contribution in [0.1, 0.15) is 38.7 Å². The van der Waals surface area contributed by atoms with E-state index in [0.29, 0.717) is 6.04 Å². The Bertz CT molecular complexity index is 358. The van der Waals surface area contributed by atoms with Crippen LogP contribution in [0.25, 0.3) is 0 Å². The molecule has 2 atom stereocenters. The van der Waals surface area contributed by atoms with Crippen molar-refractivity contribution in [2.45, 2.75) is 44.7 Å². The summed E-state index contributed by atoms with van der Waals surface area (Å²) in [6, 6.07) is 10.7. The molecule has 88 valence electrons. The maximum absolute atomic E-state index is 6.66. The molecule has 2 nitrogen and oxygen atoms in total. The number of nitrogens with two attached hydrogens (primary N) is 2. The molecule has 2 heteroatoms. The van der Waals surface area contributed by atoms with E-state index in [0.717, 1.165) is 19.3 Å². The first-order valence-electron chi connectivity index (χ1n) is 6.06. The normalized spacial score (nSPS) is 33.6. The molecule has 0 amide bonds. The quantitative estimate of drug-likeness (QED) is 0.760. The first-order valence-corrected chi connectivity index (χ1v) is 6.06. The highest BCUT2D eigenvalue weighted by Gasteiger charge is 2.46. The Balaban J connectivity index is 2.37. The Hall–Kier alpha value is -0.860. The lowest BCUT2D eigenvalue weighted by Crippen LogP contribution is -2.55. The Morgan fingerprint density at radius 2 is 1.81 bits per heavy atom. The minimum Gasteiger partial charge on any atom is -0.328 e. The van der Waals surface area contributed by atoms with E-state index in [-0.39, 0.29) is 11.0 Å². The van der Waals surface area contributed by atoms with Gasteiger partial charge < -0.3 is 11.5 Å². The zero-order chi connectivity index (χ0) is 11.8. The van der Waals surface area contributed by atoms with Crippen molar-refractivity contribution in [1.29, 1.82) is 0 Å². The van der Waals surface area contributed by atoms with Crippen molar-refractivity contribution in [2.75, 3.05) is 0 Å². The fraction of sp³-hybridized carbons (Fsp3) is 0.571. The van der Waals surface area contributed by atoms with E-state index in [1.807, 2.05) is 6.07 Å². The fourth-order valence-electron chi connectivity index (χ4n) is 2.96. The van der Waals surface area contributed by atoms with Crippen LogP contribution in [0.4, 0.5) is 0 Å². The maximum Gasteiger partial charge on any atom is 0.0462 e. The Morgan fingerprint density at radius 1 is 1.19 bits per heavy atom. The molecule has 2 unspecified atom stereocenters. The minimum absolute atomic E-state index is 0.0615. The van der Waals surface area contributed by atoms with Crippen LogP contribution >= 0.6 is 0 Å². The fourth-order valence-corrected chi connectivity index (χ4v) is 2.96. The van der Waals surface area contributed by atoms with Crippen LogP contribution in [0.2, 0.25) is 0 Å². The minimum atomic E-state index is -0.232. The molecule has 2 rings (SSSR count). The highest BCUT2D eigenvalue weighted by molar-refractivity contribution is 5.27. The van der Waals surface area contributed by atoms with Gasteiger partial charge in [0, 0.05) is 11.6 Å². The van der Waals surface area contributed by atoms with Crippen molar-refractivity contribution >= 4 is 0 Å². The van der Waals surface area contributed by atoms with Gasteiger partial charge in [0.15, 0.2) is 0 Å². The van der Waals surface area contributed by atoms with Crippen molar-refractivity contribution in [3.63, 3.8) is 0 Å². The summed E-state index contributed by atoms with van der Waals surface area (Å²) in [5, 5.41) is 0. The number of hydrogen-bond donors (Lipinski definition) is 2. The smallest absolute Gasteiger partial charge is 0.0462 e. The standard InChI is InChI=1S/C14H22N2/c1-13(2)10-12(15)8-9-14(13,16)11-6-4-3-5-7-11/h3-7,12H,8-10,15-16H2,1-2H3. The molecule has 0 aliphatic heterocycles. The summed E-state index contributed by atoms with van der Waals surface area (Å²) in [5.41, 5.74) is 13.8. The zero-order valence-electron chi connectivity index (χ0n) is 10.2. The summed E-state index contributed by atoms with van der Waals surface area (Å²) >= 11 is 0. The van der Waals surface area contributed by atoms with Crippen molar-refractivity contribution in [1.82, 2.24) is 0 Å². The molecule has 1 aromatic rings. The third kappa shape index (κ3) is 1.76. The van der Waals surface area contributed by atoms with Gasteiger partial charge >= 0.3 is 0 Å². The topological polar surface area (TPSA) is 52.0 Å². The van der Waals surface area contributed by atoms with Crippen molar-refractivity contribution in [3.05, 3.63) is 35.9 Å². The van der Waals surface area contributed by atoms with Crippen LogP contribution in [0, 0.1) is 5.41 Å². The molecular weight excluding hydrogens is 196 g/mol. The van der Waals surface area contributed by atoms with Gasteiger partial charge in [-0.05, 0) is 30.2 Å². The molecular formula is C14H22N2. The first kappa shape index (κ1) is 11.6. The summed E-state index contributed by atoms with van der Waals surface area (Å²) < 4.78 is 0. The summed E-state index contributed by atoms with van der Waals surface area (Å²) in [4.78, 5) is 0. The van der Waals surface area contributed by atoms with Gasteiger partial charge in [-0.15, -0.1) is 0 Å². The highest BCUT2D eigenvalue weighted by Crippen LogP contribution is 2.47. The van der Waals surface area contributed by atoms with Crippen LogP contribution in [-0.4, -0.2) is 6.04 Å². The van der Waals surface area contributed by atoms with Crippen molar-refractivity contribution < 1.29 is 0 Å². The second-order valence-corrected chi connectivity index (χ2v) is 5.72.